The van der Waals surface area contributed by atoms with Gasteiger partial charge in [0, 0.05) is 29.1 Å². The van der Waals surface area contributed by atoms with Gasteiger partial charge in [0.1, 0.15) is 29.3 Å². The fourth-order valence-electron chi connectivity index (χ4n) is 3.75. The highest BCUT2D eigenvalue weighted by atomic mass is 19.1. The number of carboxylic acid groups (broad SMARTS) is 1. The smallest absolute Gasteiger partial charge is 0.339 e. The molecule has 0 spiro atoms. The lowest BCUT2D eigenvalue weighted by atomic mass is 9.98. The summed E-state index contributed by atoms with van der Waals surface area (Å²) >= 11 is 0. The Morgan fingerprint density at radius 1 is 1.18 bits per heavy atom. The molecule has 0 unspecified atom stereocenters. The van der Waals surface area contributed by atoms with E-state index in [1.54, 1.807) is 49.4 Å². The second-order valence-electron chi connectivity index (χ2n) is 7.46. The first-order valence-corrected chi connectivity index (χ1v) is 10.7. The number of nitrogens with zero attached hydrogens (tertiary/aromatic N) is 3. The molecule has 0 radical (unpaired) electrons. The topological polar surface area (TPSA) is 108 Å². The molecule has 170 valence electrons. The summed E-state index contributed by atoms with van der Waals surface area (Å²) in [5.74, 6) is -0.680. The van der Waals surface area contributed by atoms with E-state index in [9.17, 15) is 15.2 Å². The standard InChI is InChI=1S/C26H21FN4O3/c1-2-34-23-12-17(7-8-21(23)26(32)33)22-13-24(31-15-30-22)29-10-9-20-18(14-28)11-16-5-3-4-6-19(16)25(20)27/h3-8,11-13,15H,2,9-10H2,1H3,(H,32,33)(H,29,30,31). The van der Waals surface area contributed by atoms with Crippen LogP contribution in [0.4, 0.5) is 10.2 Å². The molecule has 1 heterocycles. The molecule has 0 saturated carbocycles. The van der Waals surface area contributed by atoms with E-state index in [1.807, 2.05) is 6.07 Å². The normalized spacial score (nSPS) is 10.6. The van der Waals surface area contributed by atoms with Crippen LogP contribution in [0.5, 0.6) is 5.75 Å². The lowest BCUT2D eigenvalue weighted by molar-refractivity contribution is 0.0692. The average molecular weight is 456 g/mol. The van der Waals surface area contributed by atoms with Gasteiger partial charge in [-0.25, -0.2) is 19.2 Å². The van der Waals surface area contributed by atoms with Crippen molar-refractivity contribution in [3.8, 4) is 23.1 Å². The molecule has 0 aliphatic rings. The SMILES string of the molecule is CCOc1cc(-c2cc(NCCc3c(C#N)cc4ccccc4c3F)ncn2)ccc1C(=O)O. The second-order valence-corrected chi connectivity index (χ2v) is 7.46. The van der Waals surface area contributed by atoms with Gasteiger partial charge in [0.05, 0.1) is 23.9 Å². The summed E-state index contributed by atoms with van der Waals surface area (Å²) < 4.78 is 20.5. The maximum atomic E-state index is 15.1. The Morgan fingerprint density at radius 2 is 2.00 bits per heavy atom. The van der Waals surface area contributed by atoms with E-state index >= 15 is 4.39 Å². The molecule has 0 bridgehead atoms. The number of rotatable bonds is 8. The number of hydrogen-bond donors (Lipinski definition) is 2. The van der Waals surface area contributed by atoms with E-state index in [2.05, 4.69) is 21.4 Å². The minimum atomic E-state index is -1.07. The summed E-state index contributed by atoms with van der Waals surface area (Å²) in [4.78, 5) is 19.9. The Balaban J connectivity index is 1.53. The van der Waals surface area contributed by atoms with E-state index in [4.69, 9.17) is 4.74 Å². The molecule has 0 fully saturated rings. The van der Waals surface area contributed by atoms with Gasteiger partial charge in [-0.15, -0.1) is 0 Å². The summed E-state index contributed by atoms with van der Waals surface area (Å²) in [6, 6.07) is 17.3. The van der Waals surface area contributed by atoms with E-state index in [0.29, 0.717) is 58.5 Å². The van der Waals surface area contributed by atoms with Crippen LogP contribution in [0.25, 0.3) is 22.0 Å². The van der Waals surface area contributed by atoms with E-state index < -0.39 is 5.97 Å². The third kappa shape index (κ3) is 4.64. The highest BCUT2D eigenvalue weighted by Gasteiger charge is 2.15. The lowest BCUT2D eigenvalue weighted by Gasteiger charge is -2.12. The lowest BCUT2D eigenvalue weighted by Crippen LogP contribution is -2.09. The predicted molar refractivity (Wildman–Crippen MR) is 126 cm³/mol. The number of hydrogen-bond acceptors (Lipinski definition) is 6. The maximum absolute atomic E-state index is 15.1. The third-order valence-electron chi connectivity index (χ3n) is 5.36. The molecular formula is C26H21FN4O3. The molecule has 4 aromatic rings. The highest BCUT2D eigenvalue weighted by molar-refractivity contribution is 5.92. The second kappa shape index (κ2) is 9.96. The number of anilines is 1. The number of fused-ring (bicyclic) bond motifs is 1. The Labute approximate surface area is 195 Å². The van der Waals surface area contributed by atoms with Crippen LogP contribution in [0.2, 0.25) is 0 Å². The van der Waals surface area contributed by atoms with Crippen molar-refractivity contribution in [2.24, 2.45) is 0 Å². The van der Waals surface area contributed by atoms with Crippen LogP contribution >= 0.6 is 0 Å². The predicted octanol–water partition coefficient (Wildman–Crippen LogP) is 5.06. The van der Waals surface area contributed by atoms with Crippen LogP contribution < -0.4 is 10.1 Å². The van der Waals surface area contributed by atoms with Gasteiger partial charge in [0.25, 0.3) is 0 Å². The zero-order valence-electron chi connectivity index (χ0n) is 18.4. The van der Waals surface area contributed by atoms with Gasteiger partial charge in [-0.3, -0.25) is 0 Å². The molecule has 0 saturated heterocycles. The van der Waals surface area contributed by atoms with Gasteiger partial charge < -0.3 is 15.2 Å². The van der Waals surface area contributed by atoms with Gasteiger partial charge in [-0.1, -0.05) is 30.3 Å². The number of nitrogens with one attached hydrogen (secondary N) is 1. The molecule has 1 aromatic heterocycles. The first-order chi connectivity index (χ1) is 16.5. The number of aromatic nitrogens is 2. The number of carbonyl (C=O) groups is 1. The van der Waals surface area contributed by atoms with Crippen molar-refractivity contribution >= 4 is 22.6 Å². The van der Waals surface area contributed by atoms with Gasteiger partial charge >= 0.3 is 5.97 Å². The fourth-order valence-corrected chi connectivity index (χ4v) is 3.75. The fraction of sp³-hybridized carbons (Fsp3) is 0.154. The van der Waals surface area contributed by atoms with E-state index in [-0.39, 0.29) is 17.1 Å². The zero-order chi connectivity index (χ0) is 24.1. The Bertz CT molecular complexity index is 1420. The number of benzene rings is 3. The molecule has 2 N–H and O–H groups in total. The van der Waals surface area contributed by atoms with Gasteiger partial charge in [-0.05, 0) is 36.9 Å². The van der Waals surface area contributed by atoms with Crippen LogP contribution in [-0.4, -0.2) is 34.2 Å². The van der Waals surface area contributed by atoms with Crippen molar-refractivity contribution < 1.29 is 19.0 Å². The van der Waals surface area contributed by atoms with E-state index in [1.165, 1.54) is 12.4 Å². The van der Waals surface area contributed by atoms with Crippen molar-refractivity contribution in [2.75, 3.05) is 18.5 Å². The van der Waals surface area contributed by atoms with E-state index in [0.717, 1.165) is 0 Å². The summed E-state index contributed by atoms with van der Waals surface area (Å²) in [6.07, 6.45) is 1.68. The Kier molecular flexibility index (Phi) is 6.64. The largest absolute Gasteiger partial charge is 0.493 e. The molecule has 7 nitrogen and oxygen atoms in total. The Hall–Kier alpha value is -4.51. The molecule has 0 atom stereocenters. The van der Waals surface area contributed by atoms with Gasteiger partial charge in [0.15, 0.2) is 0 Å². The van der Waals surface area contributed by atoms with Crippen LogP contribution in [0, 0.1) is 17.1 Å². The molecule has 34 heavy (non-hydrogen) atoms. The van der Waals surface area contributed by atoms with Gasteiger partial charge in [0.2, 0.25) is 0 Å². The summed E-state index contributed by atoms with van der Waals surface area (Å²) in [6.45, 7) is 2.46. The molecule has 0 aliphatic carbocycles. The summed E-state index contributed by atoms with van der Waals surface area (Å²) in [7, 11) is 0. The van der Waals surface area contributed by atoms with Crippen molar-refractivity contribution in [3.05, 3.63) is 83.4 Å². The van der Waals surface area contributed by atoms with Gasteiger partial charge in [-0.2, -0.15) is 5.26 Å². The third-order valence-corrected chi connectivity index (χ3v) is 5.36. The van der Waals surface area contributed by atoms with Crippen molar-refractivity contribution in [1.82, 2.24) is 9.97 Å². The number of halogens is 1. The first-order valence-electron chi connectivity index (χ1n) is 10.7. The highest BCUT2D eigenvalue weighted by Crippen LogP contribution is 2.28. The molecular weight excluding hydrogens is 435 g/mol. The minimum absolute atomic E-state index is 0.0729. The quantitative estimate of drug-likeness (QED) is 0.381. The minimum Gasteiger partial charge on any atom is -0.493 e. The number of nitriles is 1. The van der Waals surface area contributed by atoms with Crippen LogP contribution in [0.1, 0.15) is 28.4 Å². The summed E-state index contributed by atoms with van der Waals surface area (Å²) in [5, 5.41) is 23.2. The summed E-state index contributed by atoms with van der Waals surface area (Å²) in [5.41, 5.74) is 1.98. The van der Waals surface area contributed by atoms with Crippen molar-refractivity contribution in [1.29, 1.82) is 5.26 Å². The van der Waals surface area contributed by atoms with Crippen LogP contribution in [0.15, 0.2) is 60.9 Å². The van der Waals surface area contributed by atoms with Crippen LogP contribution in [-0.2, 0) is 6.42 Å². The number of carboxylic acids is 1. The van der Waals surface area contributed by atoms with Crippen molar-refractivity contribution in [3.63, 3.8) is 0 Å². The molecule has 0 aliphatic heterocycles. The monoisotopic (exact) mass is 456 g/mol. The zero-order valence-corrected chi connectivity index (χ0v) is 18.4. The first kappa shape index (κ1) is 22.7. The molecule has 4 rings (SSSR count). The molecule has 8 heteroatoms. The van der Waals surface area contributed by atoms with Crippen LogP contribution in [0.3, 0.4) is 0 Å². The maximum Gasteiger partial charge on any atom is 0.339 e. The molecule has 3 aromatic carbocycles. The number of aromatic carboxylic acids is 1. The van der Waals surface area contributed by atoms with Crippen molar-refractivity contribution in [2.45, 2.75) is 13.3 Å². The average Bonchev–Trinajstić information content (AvgIpc) is 2.85. The number of ether oxygens (including phenoxy) is 1. The Morgan fingerprint density at radius 3 is 2.76 bits per heavy atom. The molecule has 0 amide bonds.